The molecule has 1 N–H and O–H groups in total. The zero-order valence-corrected chi connectivity index (χ0v) is 12.5. The summed E-state index contributed by atoms with van der Waals surface area (Å²) in [5.74, 6) is 0.914. The number of nitrogens with zero attached hydrogens (tertiary/aromatic N) is 2. The topological polar surface area (TPSA) is 39.1 Å². The smallest absolute Gasteiger partial charge is 0.203 e. The first-order valence-corrected chi connectivity index (χ1v) is 7.05. The van der Waals surface area contributed by atoms with Crippen molar-refractivity contribution < 1.29 is 4.74 Å². The van der Waals surface area contributed by atoms with Gasteiger partial charge in [0.1, 0.15) is 0 Å². The Kier molecular flexibility index (Phi) is 5.18. The first kappa shape index (κ1) is 14.6. The van der Waals surface area contributed by atoms with Gasteiger partial charge in [-0.05, 0) is 31.4 Å². The molecule has 20 heavy (non-hydrogen) atoms. The van der Waals surface area contributed by atoms with Crippen molar-refractivity contribution in [3.8, 4) is 0 Å². The first-order chi connectivity index (χ1) is 9.74. The van der Waals surface area contributed by atoms with E-state index in [4.69, 9.17) is 4.74 Å². The van der Waals surface area contributed by atoms with Crippen molar-refractivity contribution in [3.63, 3.8) is 0 Å². The molecular weight excluding hydrogens is 250 g/mol. The molecule has 4 heteroatoms. The molecule has 1 aromatic carbocycles. The van der Waals surface area contributed by atoms with Crippen LogP contribution in [0.4, 0.5) is 5.95 Å². The fourth-order valence-corrected chi connectivity index (χ4v) is 2.38. The summed E-state index contributed by atoms with van der Waals surface area (Å²) in [7, 11) is 1.72. The SMILES string of the molecule is COCCCNc1nccn1C(C)c1ccccc1C. The summed E-state index contributed by atoms with van der Waals surface area (Å²) < 4.78 is 7.23. The molecule has 1 aromatic heterocycles. The number of hydrogen-bond acceptors (Lipinski definition) is 3. The monoisotopic (exact) mass is 273 g/mol. The minimum absolute atomic E-state index is 0.267. The molecule has 0 amide bonds. The van der Waals surface area contributed by atoms with E-state index in [1.165, 1.54) is 11.1 Å². The average Bonchev–Trinajstić information content (AvgIpc) is 2.92. The van der Waals surface area contributed by atoms with Crippen LogP contribution in [0.25, 0.3) is 0 Å². The molecule has 0 saturated heterocycles. The van der Waals surface area contributed by atoms with Crippen molar-refractivity contribution in [1.82, 2.24) is 9.55 Å². The van der Waals surface area contributed by atoms with Gasteiger partial charge in [0, 0.05) is 32.7 Å². The molecule has 4 nitrogen and oxygen atoms in total. The van der Waals surface area contributed by atoms with Crippen molar-refractivity contribution in [3.05, 3.63) is 47.8 Å². The molecule has 0 saturated carbocycles. The predicted molar refractivity (Wildman–Crippen MR) is 82.2 cm³/mol. The van der Waals surface area contributed by atoms with E-state index in [0.29, 0.717) is 0 Å². The summed E-state index contributed by atoms with van der Waals surface area (Å²) in [6.45, 7) is 5.98. The highest BCUT2D eigenvalue weighted by molar-refractivity contribution is 5.34. The third-order valence-corrected chi connectivity index (χ3v) is 3.53. The zero-order valence-electron chi connectivity index (χ0n) is 12.5. The number of aromatic nitrogens is 2. The lowest BCUT2D eigenvalue weighted by Crippen LogP contribution is -2.14. The zero-order chi connectivity index (χ0) is 14.4. The van der Waals surface area contributed by atoms with Crippen LogP contribution in [0.5, 0.6) is 0 Å². The van der Waals surface area contributed by atoms with Crippen LogP contribution in [0.3, 0.4) is 0 Å². The number of ether oxygens (including phenoxy) is 1. The normalized spacial score (nSPS) is 12.3. The Hall–Kier alpha value is -1.81. The summed E-state index contributed by atoms with van der Waals surface area (Å²) in [6.07, 6.45) is 4.84. The number of rotatable bonds is 7. The van der Waals surface area contributed by atoms with Gasteiger partial charge in [-0.3, -0.25) is 0 Å². The molecule has 0 bridgehead atoms. The maximum absolute atomic E-state index is 5.06. The van der Waals surface area contributed by atoms with Crippen LogP contribution >= 0.6 is 0 Å². The Morgan fingerprint density at radius 3 is 2.90 bits per heavy atom. The van der Waals surface area contributed by atoms with Gasteiger partial charge in [-0.25, -0.2) is 4.98 Å². The molecule has 1 heterocycles. The predicted octanol–water partition coefficient (Wildman–Crippen LogP) is 3.25. The van der Waals surface area contributed by atoms with Crippen molar-refractivity contribution in [2.24, 2.45) is 0 Å². The Bertz CT molecular complexity index is 536. The third-order valence-electron chi connectivity index (χ3n) is 3.53. The Morgan fingerprint density at radius 2 is 2.15 bits per heavy atom. The third kappa shape index (κ3) is 3.39. The number of methoxy groups -OCH3 is 1. The van der Waals surface area contributed by atoms with E-state index in [-0.39, 0.29) is 6.04 Å². The summed E-state index contributed by atoms with van der Waals surface area (Å²) in [5, 5.41) is 3.37. The second kappa shape index (κ2) is 7.10. The van der Waals surface area contributed by atoms with Gasteiger partial charge in [0.25, 0.3) is 0 Å². The maximum atomic E-state index is 5.06. The van der Waals surface area contributed by atoms with E-state index in [1.54, 1.807) is 7.11 Å². The molecule has 1 unspecified atom stereocenters. The maximum Gasteiger partial charge on any atom is 0.203 e. The minimum atomic E-state index is 0.267. The largest absolute Gasteiger partial charge is 0.385 e. The fourth-order valence-electron chi connectivity index (χ4n) is 2.38. The van der Waals surface area contributed by atoms with Crippen LogP contribution in [-0.4, -0.2) is 29.8 Å². The van der Waals surface area contributed by atoms with Crippen molar-refractivity contribution >= 4 is 5.95 Å². The highest BCUT2D eigenvalue weighted by Crippen LogP contribution is 2.24. The number of imidazole rings is 1. The highest BCUT2D eigenvalue weighted by atomic mass is 16.5. The molecule has 1 atom stereocenters. The van der Waals surface area contributed by atoms with Crippen molar-refractivity contribution in [1.29, 1.82) is 0 Å². The molecule has 0 aliphatic rings. The molecule has 2 rings (SSSR count). The van der Waals surface area contributed by atoms with Crippen LogP contribution in [-0.2, 0) is 4.74 Å². The Balaban J connectivity index is 2.09. The van der Waals surface area contributed by atoms with Crippen LogP contribution in [0.1, 0.15) is 30.5 Å². The lowest BCUT2D eigenvalue weighted by Gasteiger charge is -2.19. The molecule has 0 aliphatic heterocycles. The number of anilines is 1. The average molecular weight is 273 g/mol. The van der Waals surface area contributed by atoms with Gasteiger partial charge in [-0.15, -0.1) is 0 Å². The molecule has 0 aliphatic carbocycles. The van der Waals surface area contributed by atoms with Gasteiger partial charge in [0.2, 0.25) is 5.95 Å². The van der Waals surface area contributed by atoms with Gasteiger partial charge in [0.05, 0.1) is 6.04 Å². The van der Waals surface area contributed by atoms with E-state index in [2.05, 4.69) is 53.0 Å². The molecular formula is C16H23N3O. The van der Waals surface area contributed by atoms with Gasteiger partial charge < -0.3 is 14.6 Å². The van der Waals surface area contributed by atoms with Crippen LogP contribution in [0.2, 0.25) is 0 Å². The molecule has 0 spiro atoms. The summed E-state index contributed by atoms with van der Waals surface area (Å²) in [5.41, 5.74) is 2.63. The second-order valence-electron chi connectivity index (χ2n) is 4.96. The van der Waals surface area contributed by atoms with E-state index < -0.39 is 0 Å². The summed E-state index contributed by atoms with van der Waals surface area (Å²) >= 11 is 0. The standard InChI is InChI=1S/C16H23N3O/c1-13-7-4-5-8-15(13)14(2)19-11-10-18-16(19)17-9-6-12-20-3/h4-5,7-8,10-11,14H,6,9,12H2,1-3H3,(H,17,18). The Labute approximate surface area is 120 Å². The van der Waals surface area contributed by atoms with E-state index in [9.17, 15) is 0 Å². The van der Waals surface area contributed by atoms with Gasteiger partial charge >= 0.3 is 0 Å². The lowest BCUT2D eigenvalue weighted by atomic mass is 10.0. The fraction of sp³-hybridized carbons (Fsp3) is 0.438. The van der Waals surface area contributed by atoms with Crippen LogP contribution in [0, 0.1) is 6.92 Å². The quantitative estimate of drug-likeness (QED) is 0.787. The van der Waals surface area contributed by atoms with Gasteiger partial charge in [-0.1, -0.05) is 24.3 Å². The number of nitrogens with one attached hydrogen (secondary N) is 1. The minimum Gasteiger partial charge on any atom is -0.385 e. The first-order valence-electron chi connectivity index (χ1n) is 7.05. The van der Waals surface area contributed by atoms with Crippen LogP contribution < -0.4 is 5.32 Å². The lowest BCUT2D eigenvalue weighted by molar-refractivity contribution is 0.197. The van der Waals surface area contributed by atoms with Crippen LogP contribution in [0.15, 0.2) is 36.7 Å². The molecule has 0 radical (unpaired) electrons. The van der Waals surface area contributed by atoms with Crippen molar-refractivity contribution in [2.75, 3.05) is 25.6 Å². The molecule has 2 aromatic rings. The number of hydrogen-bond donors (Lipinski definition) is 1. The second-order valence-corrected chi connectivity index (χ2v) is 4.96. The summed E-state index contributed by atoms with van der Waals surface area (Å²) in [4.78, 5) is 4.40. The van der Waals surface area contributed by atoms with Gasteiger partial charge in [-0.2, -0.15) is 0 Å². The highest BCUT2D eigenvalue weighted by Gasteiger charge is 2.13. The van der Waals surface area contributed by atoms with Crippen molar-refractivity contribution in [2.45, 2.75) is 26.3 Å². The van der Waals surface area contributed by atoms with E-state index in [1.807, 2.05) is 12.4 Å². The molecule has 0 fully saturated rings. The number of benzene rings is 1. The summed E-state index contributed by atoms with van der Waals surface area (Å²) in [6, 6.07) is 8.75. The molecule has 108 valence electrons. The Morgan fingerprint density at radius 1 is 1.35 bits per heavy atom. The number of aryl methyl sites for hydroxylation is 1. The van der Waals surface area contributed by atoms with E-state index >= 15 is 0 Å². The van der Waals surface area contributed by atoms with E-state index in [0.717, 1.165) is 25.5 Å². The van der Waals surface area contributed by atoms with Gasteiger partial charge in [0.15, 0.2) is 0 Å².